The Bertz CT molecular complexity index is 912. The minimum absolute atomic E-state index is 0.172. The summed E-state index contributed by atoms with van der Waals surface area (Å²) in [6.45, 7) is 4.54. The Labute approximate surface area is 126 Å². The van der Waals surface area contributed by atoms with Crippen molar-refractivity contribution in [3.63, 3.8) is 0 Å². The summed E-state index contributed by atoms with van der Waals surface area (Å²) < 4.78 is 4.15. The van der Waals surface area contributed by atoms with Crippen molar-refractivity contribution in [2.24, 2.45) is 0 Å². The number of fused-ring (bicyclic) bond motifs is 3. The molecular formula is C16H16N4O2. The second kappa shape index (κ2) is 4.13. The van der Waals surface area contributed by atoms with Crippen molar-refractivity contribution in [3.05, 3.63) is 58.1 Å². The fourth-order valence-corrected chi connectivity index (χ4v) is 2.95. The Balaban J connectivity index is 1.64. The van der Waals surface area contributed by atoms with Gasteiger partial charge in [0.25, 0.3) is 11.5 Å². The van der Waals surface area contributed by atoms with E-state index in [1.54, 1.807) is 18.3 Å². The topological polar surface area (TPSA) is 71.8 Å². The first kappa shape index (κ1) is 12.9. The molecule has 0 spiro atoms. The van der Waals surface area contributed by atoms with Crippen LogP contribution in [-0.2, 0) is 12.2 Å². The number of carbonyl (C=O) groups is 1. The molecule has 2 aliphatic heterocycles. The molecule has 0 unspecified atom stereocenters. The summed E-state index contributed by atoms with van der Waals surface area (Å²) in [5, 5.41) is 2.96. The predicted molar refractivity (Wildman–Crippen MR) is 82.0 cm³/mol. The molecule has 1 aliphatic carbocycles. The number of aromatic nitrogens is 3. The molecule has 2 N–H and O–H groups in total. The van der Waals surface area contributed by atoms with Gasteiger partial charge in [-0.2, -0.15) is 0 Å². The Kier molecular flexibility index (Phi) is 2.43. The second-order valence-electron chi connectivity index (χ2n) is 6.15. The van der Waals surface area contributed by atoms with Gasteiger partial charge in [-0.1, -0.05) is 0 Å². The number of aromatic amines is 1. The lowest BCUT2D eigenvalue weighted by Gasteiger charge is -2.25. The van der Waals surface area contributed by atoms with Gasteiger partial charge in [0.2, 0.25) is 0 Å². The van der Waals surface area contributed by atoms with Crippen LogP contribution < -0.4 is 10.9 Å². The summed E-state index contributed by atoms with van der Waals surface area (Å²) in [5.74, 6) is -0.172. The zero-order chi connectivity index (χ0) is 15.5. The Morgan fingerprint density at radius 3 is 2.91 bits per heavy atom. The molecule has 0 radical (unpaired) electrons. The second-order valence-corrected chi connectivity index (χ2v) is 6.15. The van der Waals surface area contributed by atoms with Crippen LogP contribution in [0.2, 0.25) is 0 Å². The van der Waals surface area contributed by atoms with Gasteiger partial charge in [-0.25, -0.2) is 0 Å². The molecule has 0 saturated heterocycles. The van der Waals surface area contributed by atoms with E-state index in [-0.39, 0.29) is 11.5 Å². The van der Waals surface area contributed by atoms with Crippen LogP contribution in [0.4, 0.5) is 0 Å². The molecule has 6 nitrogen and oxygen atoms in total. The molecule has 4 rings (SSSR count). The highest BCUT2D eigenvalue weighted by Gasteiger charge is 2.31. The molecule has 3 heterocycles. The molecule has 0 saturated carbocycles. The van der Waals surface area contributed by atoms with Crippen LogP contribution in [0.1, 0.15) is 29.8 Å². The summed E-state index contributed by atoms with van der Waals surface area (Å²) >= 11 is 0. The first-order valence-electron chi connectivity index (χ1n) is 7.17. The molecule has 0 fully saturated rings. The van der Waals surface area contributed by atoms with E-state index in [1.807, 2.05) is 32.2 Å². The van der Waals surface area contributed by atoms with Crippen molar-refractivity contribution in [2.45, 2.75) is 26.1 Å². The third-order valence-corrected chi connectivity index (χ3v) is 4.20. The molecule has 6 heteroatoms. The average Bonchev–Trinajstić information content (AvgIpc) is 2.93. The lowest BCUT2D eigenvalue weighted by atomic mass is 9.95. The van der Waals surface area contributed by atoms with E-state index in [9.17, 15) is 9.59 Å². The summed E-state index contributed by atoms with van der Waals surface area (Å²) in [6, 6.07) is 7.27. The van der Waals surface area contributed by atoms with Gasteiger partial charge in [0.1, 0.15) is 6.67 Å². The normalized spacial score (nSPS) is 13.2. The Hall–Kier alpha value is -2.76. The first-order valence-corrected chi connectivity index (χ1v) is 7.17. The third-order valence-electron chi connectivity index (χ3n) is 4.20. The number of hydrogen-bond acceptors (Lipinski definition) is 2. The first-order chi connectivity index (χ1) is 10.5. The van der Waals surface area contributed by atoms with E-state index in [0.29, 0.717) is 11.1 Å². The van der Waals surface area contributed by atoms with Crippen LogP contribution in [-0.4, -0.2) is 20.3 Å². The molecule has 22 heavy (non-hydrogen) atoms. The van der Waals surface area contributed by atoms with Crippen LogP contribution in [0.15, 0.2) is 41.5 Å². The number of H-pyrrole nitrogens is 1. The van der Waals surface area contributed by atoms with Crippen LogP contribution in [0.5, 0.6) is 0 Å². The highest BCUT2D eigenvalue weighted by molar-refractivity contribution is 6.02. The predicted octanol–water partition coefficient (Wildman–Crippen LogP) is 1.57. The quantitative estimate of drug-likeness (QED) is 0.602. The lowest BCUT2D eigenvalue weighted by Crippen LogP contribution is -2.44. The number of pyridine rings is 1. The highest BCUT2D eigenvalue weighted by Crippen LogP contribution is 2.34. The van der Waals surface area contributed by atoms with Crippen molar-refractivity contribution in [2.75, 3.05) is 0 Å². The van der Waals surface area contributed by atoms with E-state index < -0.39 is 5.54 Å². The highest BCUT2D eigenvalue weighted by atomic mass is 16.2. The van der Waals surface area contributed by atoms with Crippen LogP contribution >= 0.6 is 0 Å². The van der Waals surface area contributed by atoms with E-state index >= 15 is 0 Å². The maximum absolute atomic E-state index is 12.6. The monoisotopic (exact) mass is 296 g/mol. The number of rotatable bonds is 3. The van der Waals surface area contributed by atoms with Crippen molar-refractivity contribution in [1.29, 1.82) is 0 Å². The number of carbonyl (C=O) groups excluding carboxylic acids is 1. The zero-order valence-corrected chi connectivity index (χ0v) is 12.4. The summed E-state index contributed by atoms with van der Waals surface area (Å²) in [5.41, 5.74) is 2.25. The molecule has 0 atom stereocenters. The van der Waals surface area contributed by atoms with Gasteiger partial charge >= 0.3 is 0 Å². The number of nitrogens with zero attached hydrogens (tertiary/aromatic N) is 2. The number of nitrogens with one attached hydrogen (secondary N) is 2. The van der Waals surface area contributed by atoms with E-state index in [1.165, 1.54) is 0 Å². The summed E-state index contributed by atoms with van der Waals surface area (Å²) in [4.78, 5) is 27.2. The smallest absolute Gasteiger partial charge is 0.253 e. The summed E-state index contributed by atoms with van der Waals surface area (Å²) in [7, 11) is 0. The molecule has 1 amide bonds. The fourth-order valence-electron chi connectivity index (χ4n) is 2.95. The molecule has 112 valence electrons. The van der Waals surface area contributed by atoms with Crippen LogP contribution in [0, 0.1) is 0 Å². The molecule has 1 aromatic rings. The summed E-state index contributed by atoms with van der Waals surface area (Å²) in [6.07, 6.45) is 3.56. The minimum atomic E-state index is -0.752. The van der Waals surface area contributed by atoms with Gasteiger partial charge in [-0.15, -0.1) is 0 Å². The van der Waals surface area contributed by atoms with E-state index in [4.69, 9.17) is 0 Å². The van der Waals surface area contributed by atoms with Gasteiger partial charge in [-0.05, 0) is 38.1 Å². The van der Waals surface area contributed by atoms with Crippen molar-refractivity contribution in [3.8, 4) is 11.3 Å². The van der Waals surface area contributed by atoms with Gasteiger partial charge in [0.05, 0.1) is 16.8 Å². The lowest BCUT2D eigenvalue weighted by molar-refractivity contribution is 0.0912. The van der Waals surface area contributed by atoms with E-state index in [2.05, 4.69) is 19.7 Å². The maximum atomic E-state index is 12.6. The number of hydrogen-bond donors (Lipinski definition) is 2. The SMILES string of the molecule is CC(C)(NC(=O)c1ccc2n3n(cc1-2)C3)c1ccc[nH]c1=O. The van der Waals surface area contributed by atoms with Crippen molar-refractivity contribution in [1.82, 2.24) is 19.7 Å². The van der Waals surface area contributed by atoms with Gasteiger partial charge in [0.15, 0.2) is 0 Å². The molecule has 1 aromatic heterocycles. The van der Waals surface area contributed by atoms with Gasteiger partial charge in [0, 0.05) is 23.5 Å². The van der Waals surface area contributed by atoms with Crippen LogP contribution in [0.25, 0.3) is 11.3 Å². The van der Waals surface area contributed by atoms with Gasteiger partial charge < -0.3 is 10.3 Å². The zero-order valence-electron chi connectivity index (χ0n) is 12.4. The van der Waals surface area contributed by atoms with Crippen molar-refractivity contribution >= 4 is 5.91 Å². The maximum Gasteiger partial charge on any atom is 0.253 e. The standard InChI is InChI=1S/C16H16N4O2/c1-16(2,12-4-3-7-17-15(12)22)18-14(21)10-5-6-13-11(10)8-19-9-20(13)19/h3-8H,9H2,1-2H3,(H,17,22)(H,18,21). The number of amides is 1. The van der Waals surface area contributed by atoms with Crippen LogP contribution in [0.3, 0.4) is 0 Å². The fraction of sp³-hybridized carbons (Fsp3) is 0.250. The molecular weight excluding hydrogens is 280 g/mol. The average molecular weight is 296 g/mol. The van der Waals surface area contributed by atoms with Gasteiger partial charge in [-0.3, -0.25) is 19.0 Å². The largest absolute Gasteiger partial charge is 0.343 e. The van der Waals surface area contributed by atoms with Crippen molar-refractivity contribution < 1.29 is 4.79 Å². The minimum Gasteiger partial charge on any atom is -0.343 e. The Morgan fingerprint density at radius 2 is 2.14 bits per heavy atom. The third kappa shape index (κ3) is 1.80. The Morgan fingerprint density at radius 1 is 1.32 bits per heavy atom. The van der Waals surface area contributed by atoms with E-state index in [0.717, 1.165) is 17.9 Å². The molecule has 0 bridgehead atoms. The molecule has 0 aromatic carbocycles. The molecule has 3 aliphatic rings.